The maximum Gasteiger partial charge on any atom is 0.129 e. The van der Waals surface area contributed by atoms with Crippen molar-refractivity contribution < 1.29 is 0 Å². The van der Waals surface area contributed by atoms with Crippen molar-refractivity contribution in [1.82, 2.24) is 4.98 Å². The molecule has 1 atom stereocenters. The normalized spacial score (nSPS) is 18.6. The SMILES string of the molecule is CCC1CCN(c2cc(C(N)=S)c3ccccc3n2)C1. The quantitative estimate of drug-likeness (QED) is 0.880. The molecule has 3 rings (SSSR count). The Morgan fingerprint density at radius 3 is 2.95 bits per heavy atom. The highest BCUT2D eigenvalue weighted by Crippen LogP contribution is 2.28. The lowest BCUT2D eigenvalue weighted by atomic mass is 10.1. The first-order valence-corrected chi connectivity index (χ1v) is 7.54. The van der Waals surface area contributed by atoms with E-state index in [1.165, 1.54) is 12.8 Å². The Morgan fingerprint density at radius 2 is 2.25 bits per heavy atom. The number of para-hydroxylation sites is 1. The molecule has 3 nitrogen and oxygen atoms in total. The molecule has 1 fully saturated rings. The van der Waals surface area contributed by atoms with Gasteiger partial charge >= 0.3 is 0 Å². The number of hydrogen-bond acceptors (Lipinski definition) is 3. The molecular formula is C16H19N3S. The Labute approximate surface area is 124 Å². The van der Waals surface area contributed by atoms with Crippen molar-refractivity contribution in [2.24, 2.45) is 11.7 Å². The number of fused-ring (bicyclic) bond motifs is 1. The topological polar surface area (TPSA) is 42.1 Å². The highest BCUT2D eigenvalue weighted by molar-refractivity contribution is 7.80. The van der Waals surface area contributed by atoms with Gasteiger partial charge in [0.1, 0.15) is 10.8 Å². The molecule has 2 aromatic rings. The van der Waals surface area contributed by atoms with E-state index in [9.17, 15) is 0 Å². The summed E-state index contributed by atoms with van der Waals surface area (Å²) >= 11 is 5.20. The molecule has 2 heterocycles. The number of rotatable bonds is 3. The van der Waals surface area contributed by atoms with E-state index in [2.05, 4.69) is 11.8 Å². The van der Waals surface area contributed by atoms with E-state index in [0.29, 0.717) is 4.99 Å². The van der Waals surface area contributed by atoms with Crippen molar-refractivity contribution in [1.29, 1.82) is 0 Å². The van der Waals surface area contributed by atoms with Gasteiger partial charge < -0.3 is 10.6 Å². The second-order valence-corrected chi connectivity index (χ2v) is 5.86. The predicted octanol–water partition coefficient (Wildman–Crippen LogP) is 3.11. The minimum atomic E-state index is 0.441. The van der Waals surface area contributed by atoms with Gasteiger partial charge in [-0.15, -0.1) is 0 Å². The molecule has 1 aromatic carbocycles. The zero-order valence-electron chi connectivity index (χ0n) is 11.7. The van der Waals surface area contributed by atoms with Gasteiger partial charge in [0.05, 0.1) is 5.52 Å². The fourth-order valence-electron chi connectivity index (χ4n) is 2.90. The minimum Gasteiger partial charge on any atom is -0.389 e. The van der Waals surface area contributed by atoms with Crippen molar-refractivity contribution in [2.45, 2.75) is 19.8 Å². The van der Waals surface area contributed by atoms with Crippen LogP contribution in [0.25, 0.3) is 10.9 Å². The van der Waals surface area contributed by atoms with Crippen LogP contribution in [0.15, 0.2) is 30.3 Å². The van der Waals surface area contributed by atoms with E-state index in [-0.39, 0.29) is 0 Å². The number of thiocarbonyl (C=S) groups is 1. The number of nitrogens with zero attached hydrogens (tertiary/aromatic N) is 2. The first-order chi connectivity index (χ1) is 9.69. The molecular weight excluding hydrogens is 266 g/mol. The van der Waals surface area contributed by atoms with E-state index < -0.39 is 0 Å². The number of benzene rings is 1. The average molecular weight is 285 g/mol. The predicted molar refractivity (Wildman–Crippen MR) is 88.2 cm³/mol. The third-order valence-corrected chi connectivity index (χ3v) is 4.38. The summed E-state index contributed by atoms with van der Waals surface area (Å²) in [5, 5.41) is 1.04. The van der Waals surface area contributed by atoms with Gasteiger partial charge in [0.25, 0.3) is 0 Å². The van der Waals surface area contributed by atoms with Gasteiger partial charge in [0.15, 0.2) is 0 Å². The molecule has 20 heavy (non-hydrogen) atoms. The molecule has 0 radical (unpaired) electrons. The number of pyridine rings is 1. The fourth-order valence-corrected chi connectivity index (χ4v) is 3.07. The summed E-state index contributed by atoms with van der Waals surface area (Å²) in [5.41, 5.74) is 7.78. The highest BCUT2D eigenvalue weighted by Gasteiger charge is 2.23. The highest BCUT2D eigenvalue weighted by atomic mass is 32.1. The monoisotopic (exact) mass is 285 g/mol. The maximum absolute atomic E-state index is 5.89. The first-order valence-electron chi connectivity index (χ1n) is 7.13. The second-order valence-electron chi connectivity index (χ2n) is 5.42. The van der Waals surface area contributed by atoms with Crippen molar-refractivity contribution in [3.63, 3.8) is 0 Å². The lowest BCUT2D eigenvalue weighted by Gasteiger charge is -2.19. The molecule has 2 N–H and O–H groups in total. The van der Waals surface area contributed by atoms with Gasteiger partial charge in [0.2, 0.25) is 0 Å². The first kappa shape index (κ1) is 13.3. The van der Waals surface area contributed by atoms with Crippen LogP contribution in [0.4, 0.5) is 5.82 Å². The van der Waals surface area contributed by atoms with E-state index in [1.54, 1.807) is 0 Å². The molecule has 0 amide bonds. The number of anilines is 1. The summed E-state index contributed by atoms with van der Waals surface area (Å²) < 4.78 is 0. The zero-order valence-corrected chi connectivity index (χ0v) is 12.5. The van der Waals surface area contributed by atoms with Gasteiger partial charge in [0, 0.05) is 24.0 Å². The second kappa shape index (κ2) is 5.37. The summed E-state index contributed by atoms with van der Waals surface area (Å²) in [6.45, 7) is 4.40. The molecule has 0 saturated carbocycles. The van der Waals surface area contributed by atoms with Gasteiger partial charge in [-0.1, -0.05) is 43.8 Å². The maximum atomic E-state index is 5.89. The molecule has 104 valence electrons. The smallest absolute Gasteiger partial charge is 0.129 e. The summed E-state index contributed by atoms with van der Waals surface area (Å²) in [6.07, 6.45) is 2.47. The molecule has 1 aliphatic rings. The van der Waals surface area contributed by atoms with E-state index >= 15 is 0 Å². The van der Waals surface area contributed by atoms with Gasteiger partial charge in [-0.2, -0.15) is 0 Å². The summed E-state index contributed by atoms with van der Waals surface area (Å²) in [7, 11) is 0. The van der Waals surface area contributed by atoms with Crippen LogP contribution >= 0.6 is 12.2 Å². The molecule has 1 saturated heterocycles. The largest absolute Gasteiger partial charge is 0.389 e. The minimum absolute atomic E-state index is 0.441. The third-order valence-electron chi connectivity index (χ3n) is 4.16. The van der Waals surface area contributed by atoms with Crippen LogP contribution in [0.2, 0.25) is 0 Å². The van der Waals surface area contributed by atoms with Gasteiger partial charge in [-0.05, 0) is 24.5 Å². The molecule has 4 heteroatoms. The van der Waals surface area contributed by atoms with Crippen LogP contribution in [0, 0.1) is 5.92 Å². The van der Waals surface area contributed by atoms with Crippen molar-refractivity contribution in [3.8, 4) is 0 Å². The molecule has 1 aromatic heterocycles. The summed E-state index contributed by atoms with van der Waals surface area (Å²) in [6, 6.07) is 10.1. The van der Waals surface area contributed by atoms with Crippen LogP contribution < -0.4 is 10.6 Å². The number of nitrogens with two attached hydrogens (primary N) is 1. The van der Waals surface area contributed by atoms with E-state index in [4.69, 9.17) is 22.9 Å². The lowest BCUT2D eigenvalue weighted by molar-refractivity contribution is 0.569. The van der Waals surface area contributed by atoms with E-state index in [0.717, 1.165) is 41.3 Å². The molecule has 0 bridgehead atoms. The Hall–Kier alpha value is -1.68. The Balaban J connectivity index is 2.06. The molecule has 1 unspecified atom stereocenters. The van der Waals surface area contributed by atoms with Crippen LogP contribution in [-0.4, -0.2) is 23.1 Å². The molecule has 1 aliphatic heterocycles. The van der Waals surface area contributed by atoms with Crippen LogP contribution in [0.1, 0.15) is 25.3 Å². The van der Waals surface area contributed by atoms with Crippen molar-refractivity contribution in [3.05, 3.63) is 35.9 Å². The average Bonchev–Trinajstić information content (AvgIpc) is 2.95. The molecule has 0 aliphatic carbocycles. The van der Waals surface area contributed by atoms with Gasteiger partial charge in [-0.3, -0.25) is 0 Å². The molecule has 0 spiro atoms. The number of aromatic nitrogens is 1. The van der Waals surface area contributed by atoms with Crippen LogP contribution in [-0.2, 0) is 0 Å². The number of hydrogen-bond donors (Lipinski definition) is 1. The fraction of sp³-hybridized carbons (Fsp3) is 0.375. The van der Waals surface area contributed by atoms with Gasteiger partial charge in [-0.25, -0.2) is 4.98 Å². The van der Waals surface area contributed by atoms with Crippen LogP contribution in [0.3, 0.4) is 0 Å². The summed E-state index contributed by atoms with van der Waals surface area (Å²) in [4.78, 5) is 7.57. The van der Waals surface area contributed by atoms with Crippen LogP contribution in [0.5, 0.6) is 0 Å². The summed E-state index contributed by atoms with van der Waals surface area (Å²) in [5.74, 6) is 1.78. The Morgan fingerprint density at radius 1 is 1.45 bits per heavy atom. The van der Waals surface area contributed by atoms with Crippen molar-refractivity contribution >= 4 is 33.9 Å². The van der Waals surface area contributed by atoms with E-state index in [1.807, 2.05) is 30.3 Å². The third kappa shape index (κ3) is 2.36. The standard InChI is InChI=1S/C16H19N3S/c1-2-11-7-8-19(10-11)15-9-13(16(17)20)12-5-3-4-6-14(12)18-15/h3-6,9,11H,2,7-8,10H2,1H3,(H2,17,20). The lowest BCUT2D eigenvalue weighted by Crippen LogP contribution is -2.22. The Kier molecular flexibility index (Phi) is 3.57. The Bertz CT molecular complexity index is 653. The van der Waals surface area contributed by atoms with Crippen molar-refractivity contribution in [2.75, 3.05) is 18.0 Å². The zero-order chi connectivity index (χ0) is 14.1.